The summed E-state index contributed by atoms with van der Waals surface area (Å²) in [7, 11) is -3.20. The summed E-state index contributed by atoms with van der Waals surface area (Å²) < 4.78 is 25.6. The third-order valence-electron chi connectivity index (χ3n) is 2.80. The van der Waals surface area contributed by atoms with Gasteiger partial charge in [-0.05, 0) is 34.6 Å². The highest BCUT2D eigenvalue weighted by atomic mass is 32.2. The van der Waals surface area contributed by atoms with Crippen LogP contribution in [0.1, 0.15) is 34.6 Å². The molecule has 0 aromatic rings. The monoisotopic (exact) mass is 234 g/mol. The Morgan fingerprint density at radius 2 is 1.53 bits per heavy atom. The average molecular weight is 234 g/mol. The molecule has 0 aromatic carbocycles. The van der Waals surface area contributed by atoms with Crippen molar-refractivity contribution in [3.63, 3.8) is 0 Å². The topological polar surface area (TPSA) is 49.4 Å². The standard InChI is InChI=1S/C10H22N2O2S/c1-8-6-11-7-9(2)12(8)15(13,14)10(3,4)5/h8-9,11H,6-7H2,1-5H3. The van der Waals surface area contributed by atoms with Crippen LogP contribution < -0.4 is 5.32 Å². The minimum Gasteiger partial charge on any atom is -0.314 e. The fraction of sp³-hybridized carbons (Fsp3) is 1.00. The maximum atomic E-state index is 12.3. The molecule has 1 heterocycles. The van der Waals surface area contributed by atoms with Gasteiger partial charge in [0.05, 0.1) is 4.75 Å². The first-order valence-electron chi connectivity index (χ1n) is 5.41. The second kappa shape index (κ2) is 4.03. The fourth-order valence-electron chi connectivity index (χ4n) is 1.91. The minimum absolute atomic E-state index is 0.0398. The van der Waals surface area contributed by atoms with E-state index >= 15 is 0 Å². The SMILES string of the molecule is CC1CNCC(C)N1S(=O)(=O)C(C)(C)C. The zero-order valence-electron chi connectivity index (χ0n) is 10.2. The molecule has 1 aliphatic heterocycles. The van der Waals surface area contributed by atoms with Crippen LogP contribution >= 0.6 is 0 Å². The Kier molecular flexibility index (Phi) is 3.48. The van der Waals surface area contributed by atoms with Gasteiger partial charge in [0.2, 0.25) is 10.0 Å². The molecule has 2 unspecified atom stereocenters. The fourth-order valence-corrected chi connectivity index (χ4v) is 3.63. The molecule has 0 spiro atoms. The Labute approximate surface area is 93.1 Å². The zero-order valence-corrected chi connectivity index (χ0v) is 11.1. The third kappa shape index (κ3) is 2.34. The van der Waals surface area contributed by atoms with E-state index in [2.05, 4.69) is 5.32 Å². The summed E-state index contributed by atoms with van der Waals surface area (Å²) in [5.41, 5.74) is 0. The van der Waals surface area contributed by atoms with Crippen LogP contribution in [-0.4, -0.2) is 42.6 Å². The van der Waals surface area contributed by atoms with Gasteiger partial charge in [-0.3, -0.25) is 0 Å². The number of hydrogen-bond acceptors (Lipinski definition) is 3. The Morgan fingerprint density at radius 1 is 1.13 bits per heavy atom. The summed E-state index contributed by atoms with van der Waals surface area (Å²) in [6.45, 7) is 10.6. The Morgan fingerprint density at radius 3 is 1.87 bits per heavy atom. The summed E-state index contributed by atoms with van der Waals surface area (Å²) in [6, 6.07) is 0.0796. The van der Waals surface area contributed by atoms with Crippen LogP contribution in [0.25, 0.3) is 0 Å². The summed E-state index contributed by atoms with van der Waals surface area (Å²) in [6.07, 6.45) is 0. The Bertz CT molecular complexity index is 309. The van der Waals surface area contributed by atoms with Gasteiger partial charge < -0.3 is 5.32 Å². The van der Waals surface area contributed by atoms with Crippen LogP contribution in [0.5, 0.6) is 0 Å². The lowest BCUT2D eigenvalue weighted by Gasteiger charge is -2.41. The minimum atomic E-state index is -3.20. The number of nitrogens with zero attached hydrogens (tertiary/aromatic N) is 1. The van der Waals surface area contributed by atoms with Crippen molar-refractivity contribution in [2.45, 2.75) is 51.4 Å². The lowest BCUT2D eigenvalue weighted by atomic mass is 10.2. The molecule has 5 heteroatoms. The van der Waals surface area contributed by atoms with Gasteiger partial charge in [0.25, 0.3) is 0 Å². The van der Waals surface area contributed by atoms with E-state index in [9.17, 15) is 8.42 Å². The van der Waals surface area contributed by atoms with Gasteiger partial charge >= 0.3 is 0 Å². The van der Waals surface area contributed by atoms with Crippen LogP contribution in [0.15, 0.2) is 0 Å². The van der Waals surface area contributed by atoms with Gasteiger partial charge in [0, 0.05) is 25.2 Å². The molecule has 0 aromatic heterocycles. The molecule has 90 valence electrons. The zero-order chi connectivity index (χ0) is 11.9. The van der Waals surface area contributed by atoms with Gasteiger partial charge in [0.1, 0.15) is 0 Å². The highest BCUT2D eigenvalue weighted by Gasteiger charge is 2.41. The maximum Gasteiger partial charge on any atom is 0.219 e. The molecule has 1 aliphatic rings. The summed E-state index contributed by atoms with van der Waals surface area (Å²) in [5, 5.41) is 3.23. The molecule has 0 aliphatic carbocycles. The van der Waals surface area contributed by atoms with E-state index in [4.69, 9.17) is 0 Å². The van der Waals surface area contributed by atoms with Crippen molar-refractivity contribution in [1.82, 2.24) is 9.62 Å². The lowest BCUT2D eigenvalue weighted by Crippen LogP contribution is -2.60. The van der Waals surface area contributed by atoms with Crippen molar-refractivity contribution in [1.29, 1.82) is 0 Å². The van der Waals surface area contributed by atoms with E-state index in [-0.39, 0.29) is 12.1 Å². The quantitative estimate of drug-likeness (QED) is 0.730. The molecule has 1 rings (SSSR count). The van der Waals surface area contributed by atoms with Crippen LogP contribution in [0.2, 0.25) is 0 Å². The Balaban J connectivity index is 3.04. The second-order valence-corrected chi connectivity index (χ2v) is 7.90. The van der Waals surface area contributed by atoms with Gasteiger partial charge in [-0.1, -0.05) is 0 Å². The largest absolute Gasteiger partial charge is 0.314 e. The van der Waals surface area contributed by atoms with E-state index in [1.165, 1.54) is 0 Å². The first-order chi connectivity index (χ1) is 6.68. The van der Waals surface area contributed by atoms with Crippen LogP contribution in [-0.2, 0) is 10.0 Å². The molecule has 0 saturated carbocycles. The smallest absolute Gasteiger partial charge is 0.219 e. The summed E-state index contributed by atoms with van der Waals surface area (Å²) in [5.74, 6) is 0. The Hall–Kier alpha value is -0.130. The van der Waals surface area contributed by atoms with Gasteiger partial charge in [-0.15, -0.1) is 0 Å². The highest BCUT2D eigenvalue weighted by Crippen LogP contribution is 2.25. The summed E-state index contributed by atoms with van der Waals surface area (Å²) >= 11 is 0. The van der Waals surface area contributed by atoms with E-state index in [0.29, 0.717) is 0 Å². The lowest BCUT2D eigenvalue weighted by molar-refractivity contribution is 0.215. The number of piperazine rings is 1. The van der Waals surface area contributed by atoms with Crippen molar-refractivity contribution in [3.8, 4) is 0 Å². The highest BCUT2D eigenvalue weighted by molar-refractivity contribution is 7.90. The second-order valence-electron chi connectivity index (χ2n) is 5.30. The van der Waals surface area contributed by atoms with Crippen molar-refractivity contribution < 1.29 is 8.42 Å². The molecule has 0 radical (unpaired) electrons. The third-order valence-corrected chi connectivity index (χ3v) is 5.62. The molecular formula is C10H22N2O2S. The van der Waals surface area contributed by atoms with E-state index < -0.39 is 14.8 Å². The number of hydrogen-bond donors (Lipinski definition) is 1. The van der Waals surface area contributed by atoms with Gasteiger partial charge in [-0.25, -0.2) is 8.42 Å². The molecule has 1 saturated heterocycles. The first-order valence-corrected chi connectivity index (χ1v) is 6.85. The molecule has 0 bridgehead atoms. The van der Waals surface area contributed by atoms with E-state index in [1.807, 2.05) is 13.8 Å². The van der Waals surface area contributed by atoms with Crippen LogP contribution in [0.3, 0.4) is 0 Å². The van der Waals surface area contributed by atoms with E-state index in [0.717, 1.165) is 13.1 Å². The molecule has 1 fully saturated rings. The van der Waals surface area contributed by atoms with Crippen molar-refractivity contribution in [3.05, 3.63) is 0 Å². The van der Waals surface area contributed by atoms with Gasteiger partial charge in [0.15, 0.2) is 0 Å². The first kappa shape index (κ1) is 12.9. The molecule has 4 nitrogen and oxygen atoms in total. The average Bonchev–Trinajstić information content (AvgIpc) is 2.00. The number of sulfonamides is 1. The molecular weight excluding hydrogens is 212 g/mol. The van der Waals surface area contributed by atoms with Crippen molar-refractivity contribution in [2.24, 2.45) is 0 Å². The van der Waals surface area contributed by atoms with Crippen LogP contribution in [0.4, 0.5) is 0 Å². The predicted molar refractivity (Wildman–Crippen MR) is 62.3 cm³/mol. The molecule has 0 amide bonds. The molecule has 2 atom stereocenters. The van der Waals surface area contributed by atoms with Crippen molar-refractivity contribution in [2.75, 3.05) is 13.1 Å². The molecule has 1 N–H and O–H groups in total. The normalized spacial score (nSPS) is 30.5. The van der Waals surface area contributed by atoms with Crippen molar-refractivity contribution >= 4 is 10.0 Å². The number of nitrogens with one attached hydrogen (secondary N) is 1. The van der Waals surface area contributed by atoms with Gasteiger partial charge in [-0.2, -0.15) is 4.31 Å². The summed E-state index contributed by atoms with van der Waals surface area (Å²) in [4.78, 5) is 0. The van der Waals surface area contributed by atoms with Crippen LogP contribution in [0, 0.1) is 0 Å². The predicted octanol–water partition coefficient (Wildman–Crippen LogP) is 0.797. The van der Waals surface area contributed by atoms with E-state index in [1.54, 1.807) is 25.1 Å². The maximum absolute atomic E-state index is 12.3. The number of rotatable bonds is 1. The molecule has 15 heavy (non-hydrogen) atoms.